The zero-order valence-electron chi connectivity index (χ0n) is 13.0. The van der Waals surface area contributed by atoms with Gasteiger partial charge in [0.2, 0.25) is 5.91 Å². The van der Waals surface area contributed by atoms with Gasteiger partial charge in [-0.2, -0.15) is 0 Å². The van der Waals surface area contributed by atoms with Gasteiger partial charge in [0, 0.05) is 12.3 Å². The quantitative estimate of drug-likeness (QED) is 0.859. The van der Waals surface area contributed by atoms with Crippen LogP contribution in [0.4, 0.5) is 10.1 Å². The number of halogens is 1. The molecule has 2 aliphatic carbocycles. The predicted molar refractivity (Wildman–Crippen MR) is 85.4 cm³/mol. The molecule has 1 aromatic rings. The van der Waals surface area contributed by atoms with Crippen molar-refractivity contribution in [1.82, 2.24) is 5.32 Å². The summed E-state index contributed by atoms with van der Waals surface area (Å²) in [6.07, 6.45) is 5.61. The Kier molecular flexibility index (Phi) is 4.31. The van der Waals surface area contributed by atoms with Crippen LogP contribution in [0.2, 0.25) is 0 Å². The topological polar surface area (TPSA) is 75.3 Å². The lowest BCUT2D eigenvalue weighted by molar-refractivity contribution is -0.120. The molecule has 2 bridgehead atoms. The van der Waals surface area contributed by atoms with Gasteiger partial charge in [-0.1, -0.05) is 12.5 Å². The first-order valence-corrected chi connectivity index (χ1v) is 9.75. The average molecular weight is 340 g/mol. The Morgan fingerprint density at radius 1 is 1.30 bits per heavy atom. The largest absolute Gasteiger partial charge is 0.375 e. The molecule has 1 amide bonds. The highest BCUT2D eigenvalue weighted by Gasteiger charge is 2.40. The lowest BCUT2D eigenvalue weighted by atomic mass is 9.95. The van der Waals surface area contributed by atoms with Crippen LogP contribution in [0.15, 0.2) is 23.1 Å². The van der Waals surface area contributed by atoms with Crippen LogP contribution in [0.3, 0.4) is 0 Å². The Morgan fingerprint density at radius 2 is 2.09 bits per heavy atom. The molecule has 7 heteroatoms. The zero-order valence-corrected chi connectivity index (χ0v) is 13.8. The molecule has 0 spiro atoms. The summed E-state index contributed by atoms with van der Waals surface area (Å²) in [4.78, 5) is 11.7. The van der Waals surface area contributed by atoms with E-state index < -0.39 is 20.5 Å². The first kappa shape index (κ1) is 16.2. The summed E-state index contributed by atoms with van der Waals surface area (Å²) in [7, 11) is -3.71. The van der Waals surface area contributed by atoms with Crippen molar-refractivity contribution in [3.8, 4) is 0 Å². The number of sulfone groups is 1. The number of rotatable bonds is 5. The lowest BCUT2D eigenvalue weighted by Crippen LogP contribution is -2.41. The van der Waals surface area contributed by atoms with Crippen molar-refractivity contribution in [2.75, 3.05) is 18.1 Å². The van der Waals surface area contributed by atoms with E-state index >= 15 is 0 Å². The highest BCUT2D eigenvalue weighted by Crippen LogP contribution is 2.44. The SMILES string of the molecule is CS(=O)(=O)c1c(F)cccc1NCC(=O)NC1CC2CCC1C2. The highest BCUT2D eigenvalue weighted by atomic mass is 32.2. The molecule has 0 heterocycles. The van der Waals surface area contributed by atoms with Gasteiger partial charge in [-0.3, -0.25) is 4.79 Å². The number of carbonyl (C=O) groups is 1. The predicted octanol–water partition coefficient (Wildman–Crippen LogP) is 1.95. The molecule has 0 aromatic heterocycles. The number of nitrogens with one attached hydrogen (secondary N) is 2. The van der Waals surface area contributed by atoms with Crippen molar-refractivity contribution < 1.29 is 17.6 Å². The van der Waals surface area contributed by atoms with Crippen LogP contribution >= 0.6 is 0 Å². The minimum Gasteiger partial charge on any atom is -0.375 e. The molecule has 3 rings (SSSR count). The summed E-state index contributed by atoms with van der Waals surface area (Å²) in [6.45, 7) is -0.0696. The minimum atomic E-state index is -3.71. The molecule has 3 atom stereocenters. The first-order chi connectivity index (χ1) is 10.8. The van der Waals surface area contributed by atoms with E-state index in [1.165, 1.54) is 31.4 Å². The van der Waals surface area contributed by atoms with E-state index in [0.717, 1.165) is 24.7 Å². The van der Waals surface area contributed by atoms with Crippen LogP contribution in [0.25, 0.3) is 0 Å². The summed E-state index contributed by atoms with van der Waals surface area (Å²) in [5.41, 5.74) is 0.121. The van der Waals surface area contributed by atoms with Gasteiger partial charge < -0.3 is 10.6 Å². The molecule has 0 saturated heterocycles. The van der Waals surface area contributed by atoms with Crippen LogP contribution in [-0.4, -0.2) is 33.2 Å². The van der Waals surface area contributed by atoms with Crippen molar-refractivity contribution >= 4 is 21.4 Å². The Labute approximate surface area is 135 Å². The molecule has 2 saturated carbocycles. The average Bonchev–Trinajstić information content (AvgIpc) is 3.06. The maximum atomic E-state index is 13.8. The highest BCUT2D eigenvalue weighted by molar-refractivity contribution is 7.90. The second-order valence-corrected chi connectivity index (χ2v) is 8.54. The van der Waals surface area contributed by atoms with Gasteiger partial charge in [0.1, 0.15) is 10.7 Å². The van der Waals surface area contributed by atoms with Crippen LogP contribution in [-0.2, 0) is 14.6 Å². The number of fused-ring (bicyclic) bond motifs is 2. The third-order valence-electron chi connectivity index (χ3n) is 4.86. The molecule has 0 aliphatic heterocycles. The first-order valence-electron chi connectivity index (χ1n) is 7.86. The fraction of sp³-hybridized carbons (Fsp3) is 0.562. The van der Waals surface area contributed by atoms with Gasteiger partial charge in [0.15, 0.2) is 9.84 Å². The Balaban J connectivity index is 1.62. The van der Waals surface area contributed by atoms with Crippen molar-refractivity contribution in [3.63, 3.8) is 0 Å². The Bertz CT molecular complexity index is 720. The van der Waals surface area contributed by atoms with Crippen molar-refractivity contribution in [2.45, 2.75) is 36.6 Å². The van der Waals surface area contributed by atoms with E-state index in [1.807, 2.05) is 0 Å². The van der Waals surface area contributed by atoms with Crippen molar-refractivity contribution in [2.24, 2.45) is 11.8 Å². The van der Waals surface area contributed by atoms with E-state index in [0.29, 0.717) is 5.92 Å². The van der Waals surface area contributed by atoms with Crippen molar-refractivity contribution in [3.05, 3.63) is 24.0 Å². The van der Waals surface area contributed by atoms with Gasteiger partial charge in [-0.15, -0.1) is 0 Å². The minimum absolute atomic E-state index is 0.0696. The number of hydrogen-bond acceptors (Lipinski definition) is 4. The summed E-state index contributed by atoms with van der Waals surface area (Å²) < 4.78 is 37.2. The number of carbonyl (C=O) groups excluding carboxylic acids is 1. The van der Waals surface area contributed by atoms with Crippen LogP contribution in [0, 0.1) is 17.7 Å². The van der Waals surface area contributed by atoms with Crippen LogP contribution in [0.1, 0.15) is 25.7 Å². The zero-order chi connectivity index (χ0) is 16.6. The number of hydrogen-bond donors (Lipinski definition) is 2. The van der Waals surface area contributed by atoms with Gasteiger partial charge >= 0.3 is 0 Å². The smallest absolute Gasteiger partial charge is 0.239 e. The molecular weight excluding hydrogens is 319 g/mol. The molecule has 2 N–H and O–H groups in total. The normalized spacial score (nSPS) is 26.3. The molecule has 1 aromatic carbocycles. The molecule has 0 radical (unpaired) electrons. The summed E-state index contributed by atoms with van der Waals surface area (Å²) in [6, 6.07) is 4.20. The summed E-state index contributed by atoms with van der Waals surface area (Å²) in [5.74, 6) is 0.306. The van der Waals surface area contributed by atoms with Crippen LogP contribution in [0.5, 0.6) is 0 Å². The number of anilines is 1. The van der Waals surface area contributed by atoms with Gasteiger partial charge in [-0.05, 0) is 43.2 Å². The fourth-order valence-corrected chi connectivity index (χ4v) is 4.84. The van der Waals surface area contributed by atoms with E-state index in [9.17, 15) is 17.6 Å². The molecule has 126 valence electrons. The number of benzene rings is 1. The Hall–Kier alpha value is -1.63. The molecule has 5 nitrogen and oxygen atoms in total. The maximum absolute atomic E-state index is 13.8. The molecule has 2 aliphatic rings. The Morgan fingerprint density at radius 3 is 2.70 bits per heavy atom. The van der Waals surface area contributed by atoms with Crippen LogP contribution < -0.4 is 10.6 Å². The molecule has 3 unspecified atom stereocenters. The monoisotopic (exact) mass is 340 g/mol. The second-order valence-electron chi connectivity index (χ2n) is 6.59. The molecule has 2 fully saturated rings. The lowest BCUT2D eigenvalue weighted by Gasteiger charge is -2.23. The third kappa shape index (κ3) is 3.49. The van der Waals surface area contributed by atoms with Gasteiger partial charge in [0.05, 0.1) is 12.2 Å². The van der Waals surface area contributed by atoms with Gasteiger partial charge in [0.25, 0.3) is 0 Å². The number of amides is 1. The van der Waals surface area contributed by atoms with E-state index in [1.54, 1.807) is 0 Å². The van der Waals surface area contributed by atoms with Crippen molar-refractivity contribution in [1.29, 1.82) is 0 Å². The molecule has 23 heavy (non-hydrogen) atoms. The maximum Gasteiger partial charge on any atom is 0.239 e. The second kappa shape index (κ2) is 6.11. The van der Waals surface area contributed by atoms with E-state index in [-0.39, 0.29) is 24.2 Å². The summed E-state index contributed by atoms with van der Waals surface area (Å²) >= 11 is 0. The van der Waals surface area contributed by atoms with Gasteiger partial charge in [-0.25, -0.2) is 12.8 Å². The standard InChI is InChI=1S/C16H21FN2O3S/c1-23(21,22)16-12(17)3-2-4-13(16)18-9-15(20)19-14-8-10-5-6-11(14)7-10/h2-4,10-11,14,18H,5-9H2,1H3,(H,19,20). The summed E-state index contributed by atoms with van der Waals surface area (Å²) in [5, 5.41) is 5.76. The third-order valence-corrected chi connectivity index (χ3v) is 6.02. The molecular formula is C16H21FN2O3S. The fourth-order valence-electron chi connectivity index (χ4n) is 3.88. The van der Waals surface area contributed by atoms with E-state index in [4.69, 9.17) is 0 Å². The van der Waals surface area contributed by atoms with E-state index in [2.05, 4.69) is 10.6 Å².